The monoisotopic (exact) mass is 459 g/mol. The maximum absolute atomic E-state index is 12.8. The topological polar surface area (TPSA) is 68.0 Å². The number of nitrogens with two attached hydrogens (primary N) is 1. The smallest absolute Gasteiger partial charge is 0.227 e. The number of benzene rings is 2. The summed E-state index contributed by atoms with van der Waals surface area (Å²) in [5, 5.41) is 0.624. The molecule has 0 fully saturated rings. The Bertz CT molecular complexity index is 941. The number of carbonyl (C=O) groups excluding carboxylic acids is 1. The molecule has 0 aromatic heterocycles. The Morgan fingerprint density at radius 3 is 2.44 bits per heavy atom. The van der Waals surface area contributed by atoms with E-state index in [1.54, 1.807) is 14.2 Å². The molecular formula is C25H34ClN3O3. The Morgan fingerprint density at radius 1 is 1.09 bits per heavy atom. The molecule has 2 aromatic rings. The highest BCUT2D eigenvalue weighted by Gasteiger charge is 2.22. The van der Waals surface area contributed by atoms with Crippen LogP contribution >= 0.6 is 11.6 Å². The first-order chi connectivity index (χ1) is 15.3. The van der Waals surface area contributed by atoms with Gasteiger partial charge in [-0.2, -0.15) is 0 Å². The first-order valence-electron chi connectivity index (χ1n) is 11.1. The third kappa shape index (κ3) is 5.87. The molecule has 2 aromatic carbocycles. The van der Waals surface area contributed by atoms with Gasteiger partial charge in [0.2, 0.25) is 5.91 Å². The number of nitrogens with zero attached hydrogens (tertiary/aromatic N) is 2. The number of rotatable bonds is 9. The highest BCUT2D eigenvalue weighted by atomic mass is 35.5. The summed E-state index contributed by atoms with van der Waals surface area (Å²) in [6, 6.07) is 8.00. The largest absolute Gasteiger partial charge is 0.493 e. The molecule has 1 aliphatic heterocycles. The quantitative estimate of drug-likeness (QED) is 0.578. The average molecular weight is 460 g/mol. The summed E-state index contributed by atoms with van der Waals surface area (Å²) < 4.78 is 10.8. The van der Waals surface area contributed by atoms with E-state index in [1.165, 1.54) is 5.56 Å². The molecule has 174 valence electrons. The second-order valence-corrected chi connectivity index (χ2v) is 8.91. The minimum atomic E-state index is 0.172. The summed E-state index contributed by atoms with van der Waals surface area (Å²) in [5.74, 6) is 1.56. The lowest BCUT2D eigenvalue weighted by Gasteiger charge is -2.23. The molecular weight excluding hydrogens is 426 g/mol. The zero-order chi connectivity index (χ0) is 23.3. The van der Waals surface area contributed by atoms with Crippen LogP contribution in [0, 0.1) is 6.92 Å². The van der Waals surface area contributed by atoms with Gasteiger partial charge in [0.05, 0.1) is 31.4 Å². The SMILES string of the molecule is COc1cc2c(cc1OC)CC(=O)N(CCCN(C)CCc1cc(C)c(N)c(Cl)c1)CC2. The summed E-state index contributed by atoms with van der Waals surface area (Å²) >= 11 is 6.21. The van der Waals surface area contributed by atoms with Crippen LogP contribution < -0.4 is 15.2 Å². The molecule has 0 saturated carbocycles. The molecule has 1 heterocycles. The predicted molar refractivity (Wildman–Crippen MR) is 130 cm³/mol. The van der Waals surface area contributed by atoms with Crippen LogP contribution in [0.2, 0.25) is 5.02 Å². The molecule has 0 radical (unpaired) electrons. The van der Waals surface area contributed by atoms with Gasteiger partial charge in [0.15, 0.2) is 11.5 Å². The fourth-order valence-electron chi connectivity index (χ4n) is 4.19. The van der Waals surface area contributed by atoms with Crippen molar-refractivity contribution < 1.29 is 14.3 Å². The van der Waals surface area contributed by atoms with Crippen molar-refractivity contribution in [1.82, 2.24) is 9.80 Å². The van der Waals surface area contributed by atoms with Gasteiger partial charge >= 0.3 is 0 Å². The van der Waals surface area contributed by atoms with E-state index in [9.17, 15) is 4.79 Å². The first-order valence-corrected chi connectivity index (χ1v) is 11.4. The van der Waals surface area contributed by atoms with Gasteiger partial charge in [-0.15, -0.1) is 0 Å². The van der Waals surface area contributed by atoms with Gasteiger partial charge in [-0.1, -0.05) is 17.7 Å². The van der Waals surface area contributed by atoms with Gasteiger partial charge in [-0.05, 0) is 80.2 Å². The number of halogens is 1. The zero-order valence-electron chi connectivity index (χ0n) is 19.5. The number of hydrogen-bond acceptors (Lipinski definition) is 5. The number of anilines is 1. The molecule has 0 atom stereocenters. The normalized spacial score (nSPS) is 13.8. The first kappa shape index (κ1) is 24.2. The molecule has 0 aliphatic carbocycles. The van der Waals surface area contributed by atoms with Crippen LogP contribution in [0.1, 0.15) is 28.7 Å². The number of likely N-dealkylation sites (N-methyl/N-ethyl adjacent to an activating group) is 1. The van der Waals surface area contributed by atoms with Crippen molar-refractivity contribution >= 4 is 23.2 Å². The molecule has 0 bridgehead atoms. The number of hydrogen-bond donors (Lipinski definition) is 1. The Kier molecular flexibility index (Phi) is 8.26. The lowest BCUT2D eigenvalue weighted by molar-refractivity contribution is -0.130. The van der Waals surface area contributed by atoms with Crippen LogP contribution in [0.4, 0.5) is 5.69 Å². The molecule has 0 unspecified atom stereocenters. The molecule has 7 heteroatoms. The zero-order valence-corrected chi connectivity index (χ0v) is 20.3. The third-order valence-electron chi connectivity index (χ3n) is 6.20. The number of carbonyl (C=O) groups is 1. The maximum Gasteiger partial charge on any atom is 0.227 e. The number of nitrogen functional groups attached to an aromatic ring is 1. The van der Waals surface area contributed by atoms with Crippen molar-refractivity contribution in [1.29, 1.82) is 0 Å². The Morgan fingerprint density at radius 2 is 1.78 bits per heavy atom. The van der Waals surface area contributed by atoms with E-state index >= 15 is 0 Å². The fraction of sp³-hybridized carbons (Fsp3) is 0.480. The molecule has 1 aliphatic rings. The molecule has 0 spiro atoms. The van der Waals surface area contributed by atoms with Gasteiger partial charge in [0, 0.05) is 19.6 Å². The van der Waals surface area contributed by atoms with Gasteiger partial charge in [-0.25, -0.2) is 0 Å². The summed E-state index contributed by atoms with van der Waals surface area (Å²) in [6.07, 6.45) is 3.09. The van der Waals surface area contributed by atoms with E-state index in [-0.39, 0.29) is 5.91 Å². The summed E-state index contributed by atoms with van der Waals surface area (Å²) in [7, 11) is 5.37. The van der Waals surface area contributed by atoms with Crippen molar-refractivity contribution in [2.45, 2.75) is 32.6 Å². The van der Waals surface area contributed by atoms with Gasteiger partial charge in [-0.3, -0.25) is 4.79 Å². The van der Waals surface area contributed by atoms with Crippen molar-refractivity contribution in [2.24, 2.45) is 0 Å². The minimum Gasteiger partial charge on any atom is -0.493 e. The highest BCUT2D eigenvalue weighted by Crippen LogP contribution is 2.32. The van der Waals surface area contributed by atoms with E-state index in [0.29, 0.717) is 28.6 Å². The number of fused-ring (bicyclic) bond motifs is 1. The maximum atomic E-state index is 12.8. The van der Waals surface area contributed by atoms with Crippen LogP contribution in [0.15, 0.2) is 24.3 Å². The van der Waals surface area contributed by atoms with E-state index < -0.39 is 0 Å². The van der Waals surface area contributed by atoms with Crippen LogP contribution in [0.3, 0.4) is 0 Å². The number of aryl methyl sites for hydroxylation is 1. The molecule has 32 heavy (non-hydrogen) atoms. The van der Waals surface area contributed by atoms with Crippen molar-refractivity contribution in [3.05, 3.63) is 51.5 Å². The molecule has 1 amide bonds. The standard InChI is InChI=1S/C25H34ClN3O3/c1-17-12-18(13-21(26)25(17)27)6-10-28(2)8-5-9-29-11-7-19-14-22(31-3)23(32-4)15-20(19)16-24(29)30/h12-15H,5-11,16,27H2,1-4H3. The Hall–Kier alpha value is -2.44. The molecule has 6 nitrogen and oxygen atoms in total. The minimum absolute atomic E-state index is 0.172. The summed E-state index contributed by atoms with van der Waals surface area (Å²) in [6.45, 7) is 5.34. The lowest BCUT2D eigenvalue weighted by Crippen LogP contribution is -2.35. The number of methoxy groups -OCH3 is 2. The molecule has 2 N–H and O–H groups in total. The van der Waals surface area contributed by atoms with E-state index in [4.69, 9.17) is 26.8 Å². The van der Waals surface area contributed by atoms with Crippen LogP contribution in [-0.4, -0.2) is 63.2 Å². The molecule has 3 rings (SSSR count). The fourth-order valence-corrected chi connectivity index (χ4v) is 4.47. The second-order valence-electron chi connectivity index (χ2n) is 8.50. The number of amides is 1. The third-order valence-corrected chi connectivity index (χ3v) is 6.51. The van der Waals surface area contributed by atoms with Crippen molar-refractivity contribution in [3.8, 4) is 11.5 Å². The second kappa shape index (κ2) is 10.9. The van der Waals surface area contributed by atoms with E-state index in [2.05, 4.69) is 18.0 Å². The van der Waals surface area contributed by atoms with Crippen molar-refractivity contribution in [2.75, 3.05) is 53.2 Å². The van der Waals surface area contributed by atoms with E-state index in [1.807, 2.05) is 30.0 Å². The van der Waals surface area contributed by atoms with E-state index in [0.717, 1.165) is 62.1 Å². The van der Waals surface area contributed by atoms with Crippen LogP contribution in [0.25, 0.3) is 0 Å². The lowest BCUT2D eigenvalue weighted by atomic mass is 10.0. The molecule has 0 saturated heterocycles. The Balaban J connectivity index is 1.49. The Labute approximate surface area is 196 Å². The summed E-state index contributed by atoms with van der Waals surface area (Å²) in [5.41, 5.74) is 11.0. The summed E-state index contributed by atoms with van der Waals surface area (Å²) in [4.78, 5) is 17.1. The highest BCUT2D eigenvalue weighted by molar-refractivity contribution is 6.33. The van der Waals surface area contributed by atoms with Gasteiger partial charge in [0.25, 0.3) is 0 Å². The van der Waals surface area contributed by atoms with Crippen LogP contribution in [0.5, 0.6) is 11.5 Å². The van der Waals surface area contributed by atoms with Gasteiger partial charge < -0.3 is 25.0 Å². The van der Waals surface area contributed by atoms with Crippen LogP contribution in [-0.2, 0) is 24.1 Å². The predicted octanol–water partition coefficient (Wildman–Crippen LogP) is 3.74. The van der Waals surface area contributed by atoms with Crippen molar-refractivity contribution in [3.63, 3.8) is 0 Å². The average Bonchev–Trinajstić information content (AvgIpc) is 2.92. The number of ether oxygens (including phenoxy) is 2. The van der Waals surface area contributed by atoms with Gasteiger partial charge in [0.1, 0.15) is 0 Å².